The summed E-state index contributed by atoms with van der Waals surface area (Å²) >= 11 is 0. The van der Waals surface area contributed by atoms with E-state index in [2.05, 4.69) is 12.2 Å². The summed E-state index contributed by atoms with van der Waals surface area (Å²) in [6.45, 7) is 2.26. The van der Waals surface area contributed by atoms with Crippen LogP contribution < -0.4 is 11.1 Å². The quantitative estimate of drug-likeness (QED) is 0.343. The Morgan fingerprint density at radius 1 is 0.815 bits per heavy atom. The number of carbonyl (C=O) groups is 2. The molecule has 154 valence electrons. The molecule has 0 aromatic heterocycles. The first-order valence-electron chi connectivity index (χ1n) is 10.3. The third kappa shape index (κ3) is 12.3. The van der Waals surface area contributed by atoms with E-state index < -0.39 is 0 Å². The molecule has 5 N–H and O–H groups in total. The van der Waals surface area contributed by atoms with Crippen molar-refractivity contribution in [1.82, 2.24) is 0 Å². The van der Waals surface area contributed by atoms with Crippen LogP contribution in [-0.2, 0) is 4.79 Å². The Balaban J connectivity index is 0.00000676. The van der Waals surface area contributed by atoms with Gasteiger partial charge in [-0.25, -0.2) is 0 Å². The highest BCUT2D eigenvalue weighted by molar-refractivity contribution is 5.98. The topological polar surface area (TPSA) is 104 Å². The summed E-state index contributed by atoms with van der Waals surface area (Å²) in [6, 6.07) is 6.91. The Morgan fingerprint density at radius 3 is 1.78 bits per heavy atom. The number of rotatable bonds is 15. The molecule has 0 bridgehead atoms. The molecule has 1 aromatic rings. The average molecular weight is 379 g/mol. The molecule has 0 saturated heterocycles. The van der Waals surface area contributed by atoms with Gasteiger partial charge >= 0.3 is 0 Å². The summed E-state index contributed by atoms with van der Waals surface area (Å²) < 4.78 is 0. The molecule has 0 saturated carbocycles. The summed E-state index contributed by atoms with van der Waals surface area (Å²) in [4.78, 5) is 23.4. The highest BCUT2D eigenvalue weighted by Gasteiger charge is 2.05. The van der Waals surface area contributed by atoms with Crippen molar-refractivity contribution in [1.29, 1.82) is 0 Å². The van der Waals surface area contributed by atoms with Crippen LogP contribution in [0.2, 0.25) is 0 Å². The summed E-state index contributed by atoms with van der Waals surface area (Å²) in [5.74, 6) is -0.0531. The molecular weight excluding hydrogens is 340 g/mol. The van der Waals surface area contributed by atoms with E-state index in [-0.39, 0.29) is 23.7 Å². The lowest BCUT2D eigenvalue weighted by Gasteiger charge is -2.06. The Bertz CT molecular complexity index is 515. The van der Waals surface area contributed by atoms with Crippen LogP contribution in [0.15, 0.2) is 24.3 Å². The largest absolute Gasteiger partial charge is 0.412 e. The fourth-order valence-electron chi connectivity index (χ4n) is 3.03. The van der Waals surface area contributed by atoms with Gasteiger partial charge in [0.25, 0.3) is 0 Å². The molecule has 0 aliphatic carbocycles. The van der Waals surface area contributed by atoms with E-state index in [1.165, 1.54) is 57.8 Å². The van der Waals surface area contributed by atoms with Gasteiger partial charge in [-0.15, -0.1) is 0 Å². The lowest BCUT2D eigenvalue weighted by atomic mass is 10.1. The number of anilines is 1. The van der Waals surface area contributed by atoms with Crippen molar-refractivity contribution in [3.05, 3.63) is 29.8 Å². The van der Waals surface area contributed by atoms with Crippen molar-refractivity contribution >= 4 is 17.4 Å². The van der Waals surface area contributed by atoms with Crippen molar-refractivity contribution < 1.29 is 15.1 Å². The zero-order chi connectivity index (χ0) is 19.0. The van der Waals surface area contributed by atoms with Gasteiger partial charge < -0.3 is 16.5 Å². The molecule has 1 rings (SSSR count). The minimum absolute atomic E-state index is 0. The number of benzene rings is 1. The summed E-state index contributed by atoms with van der Waals surface area (Å²) in [6.07, 6.45) is 14.6. The number of nitrogens with two attached hydrogens (primary N) is 1. The smallest absolute Gasteiger partial charge is 0.224 e. The van der Waals surface area contributed by atoms with Gasteiger partial charge in [0.05, 0.1) is 6.54 Å². The van der Waals surface area contributed by atoms with Crippen molar-refractivity contribution in [2.45, 2.75) is 84.0 Å². The van der Waals surface area contributed by atoms with Crippen LogP contribution in [0.25, 0.3) is 0 Å². The first-order valence-corrected chi connectivity index (χ1v) is 10.3. The third-order valence-corrected chi connectivity index (χ3v) is 4.68. The van der Waals surface area contributed by atoms with Gasteiger partial charge in [0.15, 0.2) is 5.78 Å². The van der Waals surface area contributed by atoms with E-state index in [0.717, 1.165) is 18.5 Å². The van der Waals surface area contributed by atoms with Crippen molar-refractivity contribution in [3.8, 4) is 0 Å². The van der Waals surface area contributed by atoms with Crippen LogP contribution in [0.5, 0.6) is 0 Å². The van der Waals surface area contributed by atoms with Gasteiger partial charge in [0.1, 0.15) is 0 Å². The molecule has 0 aliphatic rings. The normalized spacial score (nSPS) is 10.3. The van der Waals surface area contributed by atoms with Crippen LogP contribution in [0.4, 0.5) is 5.69 Å². The second-order valence-electron chi connectivity index (χ2n) is 7.04. The Labute approximate surface area is 164 Å². The molecular formula is C22H38N2O3. The van der Waals surface area contributed by atoms with Gasteiger partial charge in [-0.05, 0) is 30.7 Å². The maximum atomic E-state index is 11.9. The van der Waals surface area contributed by atoms with Crippen molar-refractivity contribution in [2.24, 2.45) is 5.73 Å². The molecule has 0 radical (unpaired) electrons. The molecule has 0 atom stereocenters. The van der Waals surface area contributed by atoms with E-state index in [9.17, 15) is 9.59 Å². The minimum atomic E-state index is -0.0937. The molecule has 0 unspecified atom stereocenters. The fraction of sp³-hybridized carbons (Fsp3) is 0.636. The number of Topliss-reactive ketones (excluding diaryl/α,β-unsaturated/α-hetero) is 1. The summed E-state index contributed by atoms with van der Waals surface area (Å²) in [5.41, 5.74) is 6.64. The number of amides is 1. The van der Waals surface area contributed by atoms with Gasteiger partial charge in [0, 0.05) is 17.7 Å². The van der Waals surface area contributed by atoms with E-state index in [1.54, 1.807) is 24.3 Å². The highest BCUT2D eigenvalue weighted by Crippen LogP contribution is 2.13. The molecule has 0 fully saturated rings. The first-order chi connectivity index (χ1) is 12.7. The SMILES string of the molecule is CCCCCCCCCCCCCC(=O)Nc1ccc(C(=O)CN)cc1.O. The van der Waals surface area contributed by atoms with Gasteiger partial charge in [-0.1, -0.05) is 71.1 Å². The van der Waals surface area contributed by atoms with Crippen molar-refractivity contribution in [3.63, 3.8) is 0 Å². The minimum Gasteiger partial charge on any atom is -0.412 e. The zero-order valence-corrected chi connectivity index (χ0v) is 16.9. The van der Waals surface area contributed by atoms with E-state index in [0.29, 0.717) is 12.0 Å². The second kappa shape index (κ2) is 16.5. The predicted octanol–water partition coefficient (Wildman–Crippen LogP) is 4.64. The van der Waals surface area contributed by atoms with Crippen LogP contribution in [0.1, 0.15) is 94.3 Å². The molecule has 1 amide bonds. The van der Waals surface area contributed by atoms with Crippen LogP contribution >= 0.6 is 0 Å². The zero-order valence-electron chi connectivity index (χ0n) is 16.9. The number of hydrogen-bond donors (Lipinski definition) is 2. The molecule has 0 heterocycles. The molecule has 5 nitrogen and oxygen atoms in total. The molecule has 1 aromatic carbocycles. The average Bonchev–Trinajstić information content (AvgIpc) is 2.66. The third-order valence-electron chi connectivity index (χ3n) is 4.68. The second-order valence-corrected chi connectivity index (χ2v) is 7.04. The van der Waals surface area contributed by atoms with Crippen LogP contribution in [-0.4, -0.2) is 23.7 Å². The monoisotopic (exact) mass is 378 g/mol. The Morgan fingerprint density at radius 2 is 1.30 bits per heavy atom. The lowest BCUT2D eigenvalue weighted by Crippen LogP contribution is -2.14. The standard InChI is InChI=1S/C22H36N2O2.H2O/c1-2-3-4-5-6-7-8-9-10-11-12-13-22(26)24-20-16-14-19(15-17-20)21(25)18-23;/h14-17H,2-13,18,23H2,1H3,(H,24,26);1H2. The van der Waals surface area contributed by atoms with Gasteiger partial charge in [-0.2, -0.15) is 0 Å². The maximum absolute atomic E-state index is 11.9. The van der Waals surface area contributed by atoms with E-state index in [1.807, 2.05) is 0 Å². The fourth-order valence-corrected chi connectivity index (χ4v) is 3.03. The van der Waals surface area contributed by atoms with Crippen LogP contribution in [0, 0.1) is 0 Å². The maximum Gasteiger partial charge on any atom is 0.224 e. The van der Waals surface area contributed by atoms with E-state index >= 15 is 0 Å². The number of nitrogens with one attached hydrogen (secondary N) is 1. The first kappa shape index (κ1) is 25.3. The number of ketones is 1. The predicted molar refractivity (Wildman–Crippen MR) is 113 cm³/mol. The number of hydrogen-bond acceptors (Lipinski definition) is 3. The number of carbonyl (C=O) groups excluding carboxylic acids is 2. The highest BCUT2D eigenvalue weighted by atomic mass is 16.1. The van der Waals surface area contributed by atoms with Crippen molar-refractivity contribution in [2.75, 3.05) is 11.9 Å². The van der Waals surface area contributed by atoms with Crippen LogP contribution in [0.3, 0.4) is 0 Å². The lowest BCUT2D eigenvalue weighted by molar-refractivity contribution is -0.116. The Hall–Kier alpha value is -1.72. The molecule has 5 heteroatoms. The van der Waals surface area contributed by atoms with Gasteiger partial charge in [-0.3, -0.25) is 9.59 Å². The Kier molecular flexibility index (Phi) is 15.4. The van der Waals surface area contributed by atoms with Gasteiger partial charge in [0.2, 0.25) is 5.91 Å². The molecule has 27 heavy (non-hydrogen) atoms. The number of unbranched alkanes of at least 4 members (excludes halogenated alkanes) is 10. The molecule has 0 spiro atoms. The summed E-state index contributed by atoms with van der Waals surface area (Å²) in [5, 5.41) is 2.88. The molecule has 0 aliphatic heterocycles. The summed E-state index contributed by atoms with van der Waals surface area (Å²) in [7, 11) is 0. The van der Waals surface area contributed by atoms with E-state index in [4.69, 9.17) is 5.73 Å².